The number of hydrogen-bond donors (Lipinski definition) is 1. The van der Waals surface area contributed by atoms with Gasteiger partial charge in [0, 0.05) is 25.3 Å². The molecule has 1 aromatic heterocycles. The van der Waals surface area contributed by atoms with E-state index in [1.165, 1.54) is 0 Å². The van der Waals surface area contributed by atoms with Crippen molar-refractivity contribution >= 4 is 0 Å². The van der Waals surface area contributed by atoms with Gasteiger partial charge in [0.2, 0.25) is 5.88 Å². The van der Waals surface area contributed by atoms with Gasteiger partial charge in [-0.2, -0.15) is 0 Å². The van der Waals surface area contributed by atoms with Crippen molar-refractivity contribution in [3.8, 4) is 5.88 Å². The van der Waals surface area contributed by atoms with Gasteiger partial charge in [0.1, 0.15) is 0 Å². The molecule has 0 unspecified atom stereocenters. The van der Waals surface area contributed by atoms with Crippen LogP contribution < -0.4 is 10.1 Å². The molecule has 17 heavy (non-hydrogen) atoms. The van der Waals surface area contributed by atoms with Crippen LogP contribution in [0.4, 0.5) is 0 Å². The third-order valence-electron chi connectivity index (χ3n) is 3.06. The largest absolute Gasteiger partial charge is 0.481 e. The van der Waals surface area contributed by atoms with E-state index in [9.17, 15) is 0 Å². The molecule has 0 atom stereocenters. The molecule has 1 aromatic rings. The quantitative estimate of drug-likeness (QED) is 0.817. The minimum atomic E-state index is 0.454. The summed E-state index contributed by atoms with van der Waals surface area (Å²) in [6.45, 7) is 3.65. The first-order chi connectivity index (χ1) is 8.31. The van der Waals surface area contributed by atoms with Gasteiger partial charge in [-0.05, 0) is 25.8 Å². The van der Waals surface area contributed by atoms with Gasteiger partial charge in [-0.3, -0.25) is 0 Å². The van der Waals surface area contributed by atoms with Gasteiger partial charge in [0.05, 0.1) is 18.9 Å². The monoisotopic (exact) mass is 236 g/mol. The van der Waals surface area contributed by atoms with Crippen LogP contribution in [-0.2, 0) is 11.3 Å². The number of methoxy groups -OCH3 is 1. The minimum Gasteiger partial charge on any atom is -0.481 e. The lowest BCUT2D eigenvalue weighted by Gasteiger charge is -2.35. The number of nitrogens with zero attached hydrogens (tertiary/aromatic N) is 1. The maximum Gasteiger partial charge on any atom is 0.213 e. The zero-order valence-electron chi connectivity index (χ0n) is 10.5. The molecule has 1 fully saturated rings. The molecule has 1 heterocycles. The Labute approximate surface area is 102 Å². The Kier molecular flexibility index (Phi) is 4.34. The van der Waals surface area contributed by atoms with Crippen LogP contribution in [0.2, 0.25) is 0 Å². The van der Waals surface area contributed by atoms with Crippen molar-refractivity contribution in [3.05, 3.63) is 23.9 Å². The maximum atomic E-state index is 5.52. The van der Waals surface area contributed by atoms with Crippen molar-refractivity contribution in [2.45, 2.75) is 38.5 Å². The summed E-state index contributed by atoms with van der Waals surface area (Å²) in [6, 6.07) is 6.40. The SMILES string of the molecule is CCOC1CC(NCc2cccc(OC)n2)C1. The molecule has 0 spiro atoms. The summed E-state index contributed by atoms with van der Waals surface area (Å²) in [4.78, 5) is 4.36. The van der Waals surface area contributed by atoms with Gasteiger partial charge >= 0.3 is 0 Å². The Morgan fingerprint density at radius 3 is 2.94 bits per heavy atom. The topological polar surface area (TPSA) is 43.4 Å². The Hall–Kier alpha value is -1.13. The number of pyridine rings is 1. The highest BCUT2D eigenvalue weighted by molar-refractivity contribution is 5.15. The van der Waals surface area contributed by atoms with Gasteiger partial charge in [-0.25, -0.2) is 4.98 Å². The Balaban J connectivity index is 1.72. The molecule has 0 saturated heterocycles. The molecule has 0 amide bonds. The van der Waals surface area contributed by atoms with E-state index in [-0.39, 0.29) is 0 Å². The third-order valence-corrected chi connectivity index (χ3v) is 3.06. The summed E-state index contributed by atoms with van der Waals surface area (Å²) >= 11 is 0. The summed E-state index contributed by atoms with van der Waals surface area (Å²) < 4.78 is 10.6. The highest BCUT2D eigenvalue weighted by atomic mass is 16.5. The van der Waals surface area contributed by atoms with Crippen molar-refractivity contribution in [2.24, 2.45) is 0 Å². The zero-order chi connectivity index (χ0) is 12.1. The summed E-state index contributed by atoms with van der Waals surface area (Å²) in [5, 5.41) is 3.48. The molecular formula is C13H20N2O2. The smallest absolute Gasteiger partial charge is 0.213 e. The lowest BCUT2D eigenvalue weighted by Crippen LogP contribution is -2.45. The maximum absolute atomic E-state index is 5.52. The van der Waals surface area contributed by atoms with E-state index in [1.54, 1.807) is 7.11 Å². The number of aromatic nitrogens is 1. The summed E-state index contributed by atoms with van der Waals surface area (Å²) in [7, 11) is 1.64. The Morgan fingerprint density at radius 1 is 1.41 bits per heavy atom. The number of rotatable bonds is 6. The van der Waals surface area contributed by atoms with Crippen LogP contribution in [0.25, 0.3) is 0 Å². The first kappa shape index (κ1) is 12.3. The molecule has 94 valence electrons. The van der Waals surface area contributed by atoms with Crippen LogP contribution in [0.15, 0.2) is 18.2 Å². The van der Waals surface area contributed by atoms with Crippen molar-refractivity contribution in [1.82, 2.24) is 10.3 Å². The minimum absolute atomic E-state index is 0.454. The molecule has 1 N–H and O–H groups in total. The lowest BCUT2D eigenvalue weighted by molar-refractivity contribution is -0.0103. The molecule has 0 aliphatic heterocycles. The highest BCUT2D eigenvalue weighted by Crippen LogP contribution is 2.23. The summed E-state index contributed by atoms with van der Waals surface area (Å²) in [5.41, 5.74) is 1.02. The van der Waals surface area contributed by atoms with Gasteiger partial charge in [0.25, 0.3) is 0 Å². The fourth-order valence-electron chi connectivity index (χ4n) is 2.02. The molecule has 4 heteroatoms. The summed E-state index contributed by atoms with van der Waals surface area (Å²) in [6.07, 6.45) is 2.67. The second-order valence-corrected chi connectivity index (χ2v) is 4.30. The molecule has 1 aliphatic carbocycles. The van der Waals surface area contributed by atoms with Crippen molar-refractivity contribution in [3.63, 3.8) is 0 Å². The average Bonchev–Trinajstić information content (AvgIpc) is 2.32. The van der Waals surface area contributed by atoms with E-state index in [0.29, 0.717) is 18.0 Å². The fourth-order valence-corrected chi connectivity index (χ4v) is 2.02. The van der Waals surface area contributed by atoms with E-state index >= 15 is 0 Å². The zero-order valence-corrected chi connectivity index (χ0v) is 10.5. The van der Waals surface area contributed by atoms with Gasteiger partial charge in [0.15, 0.2) is 0 Å². The van der Waals surface area contributed by atoms with Crippen molar-refractivity contribution in [1.29, 1.82) is 0 Å². The van der Waals surface area contributed by atoms with E-state index < -0.39 is 0 Å². The molecule has 0 radical (unpaired) electrons. The molecular weight excluding hydrogens is 216 g/mol. The van der Waals surface area contributed by atoms with E-state index in [0.717, 1.165) is 31.7 Å². The predicted molar refractivity (Wildman–Crippen MR) is 66.1 cm³/mol. The van der Waals surface area contributed by atoms with E-state index in [2.05, 4.69) is 10.3 Å². The Bertz CT molecular complexity index is 351. The van der Waals surface area contributed by atoms with Crippen LogP contribution in [0.5, 0.6) is 5.88 Å². The Morgan fingerprint density at radius 2 is 2.24 bits per heavy atom. The predicted octanol–water partition coefficient (Wildman–Crippen LogP) is 1.75. The van der Waals surface area contributed by atoms with Crippen LogP contribution >= 0.6 is 0 Å². The lowest BCUT2D eigenvalue weighted by atomic mass is 9.89. The van der Waals surface area contributed by atoms with Crippen LogP contribution in [0.3, 0.4) is 0 Å². The summed E-state index contributed by atoms with van der Waals surface area (Å²) in [5.74, 6) is 0.671. The molecule has 1 aliphatic rings. The molecule has 1 saturated carbocycles. The first-order valence-corrected chi connectivity index (χ1v) is 6.16. The fraction of sp³-hybridized carbons (Fsp3) is 0.615. The molecule has 0 aromatic carbocycles. The molecule has 0 bridgehead atoms. The molecule has 2 rings (SSSR count). The van der Waals surface area contributed by atoms with Gasteiger partial charge in [-0.1, -0.05) is 6.07 Å². The van der Waals surface area contributed by atoms with Gasteiger partial charge < -0.3 is 14.8 Å². The number of ether oxygens (including phenoxy) is 2. The standard InChI is InChI=1S/C13H20N2O2/c1-3-17-12-7-11(8-12)14-9-10-5-4-6-13(15-10)16-2/h4-6,11-12,14H,3,7-9H2,1-2H3. The second-order valence-electron chi connectivity index (χ2n) is 4.30. The number of hydrogen-bond acceptors (Lipinski definition) is 4. The van der Waals surface area contributed by atoms with Crippen LogP contribution in [0, 0.1) is 0 Å². The number of nitrogens with one attached hydrogen (secondary N) is 1. The normalized spacial score (nSPS) is 23.2. The molecule has 4 nitrogen and oxygen atoms in total. The first-order valence-electron chi connectivity index (χ1n) is 6.16. The van der Waals surface area contributed by atoms with Crippen LogP contribution in [-0.4, -0.2) is 30.8 Å². The van der Waals surface area contributed by atoms with Crippen molar-refractivity contribution < 1.29 is 9.47 Å². The van der Waals surface area contributed by atoms with Crippen molar-refractivity contribution in [2.75, 3.05) is 13.7 Å². The van der Waals surface area contributed by atoms with Crippen LogP contribution in [0.1, 0.15) is 25.5 Å². The third kappa shape index (κ3) is 3.41. The average molecular weight is 236 g/mol. The van der Waals surface area contributed by atoms with Gasteiger partial charge in [-0.15, -0.1) is 0 Å². The highest BCUT2D eigenvalue weighted by Gasteiger charge is 2.28. The van der Waals surface area contributed by atoms with E-state index in [4.69, 9.17) is 9.47 Å². The second kappa shape index (κ2) is 5.98. The van der Waals surface area contributed by atoms with E-state index in [1.807, 2.05) is 25.1 Å².